The normalized spacial score (nSPS) is 12.6. The molecule has 1 heterocycles. The molecule has 0 fully saturated rings. The highest BCUT2D eigenvalue weighted by Crippen LogP contribution is 2.26. The minimum absolute atomic E-state index is 0.0729. The van der Waals surface area contributed by atoms with E-state index < -0.39 is 0 Å². The van der Waals surface area contributed by atoms with E-state index in [1.165, 1.54) is 0 Å². The maximum atomic E-state index is 10.0. The van der Waals surface area contributed by atoms with E-state index in [1.807, 2.05) is 36.4 Å². The van der Waals surface area contributed by atoms with E-state index >= 15 is 0 Å². The summed E-state index contributed by atoms with van der Waals surface area (Å²) in [7, 11) is 0. The summed E-state index contributed by atoms with van der Waals surface area (Å²) in [5, 5.41) is 10.0. The highest BCUT2D eigenvalue weighted by atomic mass is 16.3. The van der Waals surface area contributed by atoms with Crippen LogP contribution in [0.1, 0.15) is 37.2 Å². The lowest BCUT2D eigenvalue weighted by Crippen LogP contribution is -2.17. The molecule has 1 unspecified atom stereocenters. The average molecular weight is 294 g/mol. The number of rotatable bonds is 6. The number of aromatic nitrogens is 2. The highest BCUT2D eigenvalue weighted by molar-refractivity contribution is 5.76. The fraction of sp³-hybridized carbons (Fsp3) is 0.316. The molecule has 0 aliphatic carbocycles. The van der Waals surface area contributed by atoms with E-state index in [0.29, 0.717) is 0 Å². The molecule has 3 aromatic rings. The van der Waals surface area contributed by atoms with Crippen molar-refractivity contribution in [2.75, 3.05) is 6.61 Å². The second-order valence-electron chi connectivity index (χ2n) is 5.60. The summed E-state index contributed by atoms with van der Waals surface area (Å²) < 4.78 is 2.21. The predicted octanol–water partition coefficient (Wildman–Crippen LogP) is 3.96. The second kappa shape index (κ2) is 6.75. The van der Waals surface area contributed by atoms with Gasteiger partial charge in [0.2, 0.25) is 0 Å². The summed E-state index contributed by atoms with van der Waals surface area (Å²) in [5.41, 5.74) is 3.21. The number of aliphatic hydroxyl groups is 1. The van der Waals surface area contributed by atoms with Crippen LogP contribution in [0.3, 0.4) is 0 Å². The summed E-state index contributed by atoms with van der Waals surface area (Å²) in [6.07, 6.45) is 3.18. The van der Waals surface area contributed by atoms with Crippen molar-refractivity contribution in [2.45, 2.75) is 32.2 Å². The number of benzene rings is 2. The molecule has 22 heavy (non-hydrogen) atoms. The molecule has 3 heteroatoms. The van der Waals surface area contributed by atoms with Crippen molar-refractivity contribution in [1.82, 2.24) is 9.55 Å². The van der Waals surface area contributed by atoms with Gasteiger partial charge in [0, 0.05) is 6.42 Å². The van der Waals surface area contributed by atoms with Gasteiger partial charge in [0.25, 0.3) is 0 Å². The van der Waals surface area contributed by atoms with Crippen molar-refractivity contribution >= 4 is 11.0 Å². The lowest BCUT2D eigenvalue weighted by molar-refractivity contribution is 0.249. The van der Waals surface area contributed by atoms with Crippen LogP contribution in [0, 0.1) is 0 Å². The Kier molecular flexibility index (Phi) is 4.54. The van der Waals surface area contributed by atoms with Gasteiger partial charge in [0.05, 0.1) is 23.7 Å². The first-order valence-electron chi connectivity index (χ1n) is 7.96. The SMILES string of the molecule is CCCCc1nc2ccccc2n1C(CO)c1ccccc1. The topological polar surface area (TPSA) is 38.0 Å². The minimum atomic E-state index is -0.0829. The van der Waals surface area contributed by atoms with E-state index in [-0.39, 0.29) is 12.6 Å². The van der Waals surface area contributed by atoms with Crippen LogP contribution in [0.25, 0.3) is 11.0 Å². The summed E-state index contributed by atoms with van der Waals surface area (Å²) >= 11 is 0. The van der Waals surface area contributed by atoms with Crippen molar-refractivity contribution in [2.24, 2.45) is 0 Å². The summed E-state index contributed by atoms with van der Waals surface area (Å²) in [5.74, 6) is 1.06. The lowest BCUT2D eigenvalue weighted by Gasteiger charge is -2.20. The Morgan fingerprint density at radius 3 is 2.50 bits per heavy atom. The Labute approximate surface area is 131 Å². The first kappa shape index (κ1) is 14.8. The zero-order chi connectivity index (χ0) is 15.4. The average Bonchev–Trinajstić information content (AvgIpc) is 2.93. The maximum Gasteiger partial charge on any atom is 0.110 e. The number of fused-ring (bicyclic) bond motifs is 1. The molecule has 3 nitrogen and oxygen atoms in total. The molecule has 2 aromatic carbocycles. The fourth-order valence-electron chi connectivity index (χ4n) is 2.96. The molecule has 1 aromatic heterocycles. The van der Waals surface area contributed by atoms with Gasteiger partial charge in [-0.1, -0.05) is 55.8 Å². The van der Waals surface area contributed by atoms with Crippen molar-refractivity contribution < 1.29 is 5.11 Å². The standard InChI is InChI=1S/C19H22N2O/c1-2-3-13-19-20-16-11-7-8-12-17(16)21(19)18(14-22)15-9-5-4-6-10-15/h4-12,18,22H,2-3,13-14H2,1H3. The van der Waals surface area contributed by atoms with Crippen LogP contribution in [0.2, 0.25) is 0 Å². The molecule has 114 valence electrons. The van der Waals surface area contributed by atoms with E-state index in [2.05, 4.69) is 29.7 Å². The van der Waals surface area contributed by atoms with Crippen LogP contribution in [0.4, 0.5) is 0 Å². The molecule has 0 spiro atoms. The number of imidazole rings is 1. The van der Waals surface area contributed by atoms with Gasteiger partial charge in [-0.25, -0.2) is 4.98 Å². The molecule has 0 aliphatic rings. The zero-order valence-electron chi connectivity index (χ0n) is 12.9. The number of hydrogen-bond acceptors (Lipinski definition) is 2. The Bertz CT molecular complexity index is 734. The van der Waals surface area contributed by atoms with E-state index in [1.54, 1.807) is 0 Å². The van der Waals surface area contributed by atoms with Crippen LogP contribution < -0.4 is 0 Å². The first-order chi connectivity index (χ1) is 10.8. The van der Waals surface area contributed by atoms with Crippen LogP contribution >= 0.6 is 0 Å². The molecule has 0 radical (unpaired) electrons. The minimum Gasteiger partial charge on any atom is -0.394 e. The third-order valence-electron chi connectivity index (χ3n) is 4.09. The van der Waals surface area contributed by atoms with Gasteiger partial charge in [0.1, 0.15) is 5.82 Å². The molecule has 0 amide bonds. The second-order valence-corrected chi connectivity index (χ2v) is 5.60. The van der Waals surface area contributed by atoms with Crippen molar-refractivity contribution in [1.29, 1.82) is 0 Å². The van der Waals surface area contributed by atoms with Crippen LogP contribution in [-0.4, -0.2) is 21.3 Å². The van der Waals surface area contributed by atoms with E-state index in [4.69, 9.17) is 4.98 Å². The van der Waals surface area contributed by atoms with Gasteiger partial charge in [-0.05, 0) is 24.1 Å². The van der Waals surface area contributed by atoms with Gasteiger partial charge >= 0.3 is 0 Å². The molecular weight excluding hydrogens is 272 g/mol. The number of aliphatic hydroxyl groups excluding tert-OH is 1. The van der Waals surface area contributed by atoms with Gasteiger partial charge in [-0.15, -0.1) is 0 Å². The smallest absolute Gasteiger partial charge is 0.110 e. The number of para-hydroxylation sites is 2. The van der Waals surface area contributed by atoms with E-state index in [0.717, 1.165) is 41.7 Å². The van der Waals surface area contributed by atoms with Gasteiger partial charge in [-0.2, -0.15) is 0 Å². The number of hydrogen-bond donors (Lipinski definition) is 1. The number of nitrogens with zero attached hydrogens (tertiary/aromatic N) is 2. The third-order valence-corrected chi connectivity index (χ3v) is 4.09. The summed E-state index contributed by atoms with van der Waals surface area (Å²) in [6.45, 7) is 2.26. The fourth-order valence-corrected chi connectivity index (χ4v) is 2.96. The molecule has 1 atom stereocenters. The van der Waals surface area contributed by atoms with Crippen molar-refractivity contribution in [3.8, 4) is 0 Å². The summed E-state index contributed by atoms with van der Waals surface area (Å²) in [6, 6.07) is 18.3. The van der Waals surface area contributed by atoms with Crippen molar-refractivity contribution in [3.05, 3.63) is 66.0 Å². The monoisotopic (exact) mass is 294 g/mol. The summed E-state index contributed by atoms with van der Waals surface area (Å²) in [4.78, 5) is 4.80. The van der Waals surface area contributed by atoms with E-state index in [9.17, 15) is 5.11 Å². The molecule has 0 aliphatic heterocycles. The third kappa shape index (κ3) is 2.77. The van der Waals surface area contributed by atoms with Crippen LogP contribution in [-0.2, 0) is 6.42 Å². The first-order valence-corrected chi connectivity index (χ1v) is 7.96. The Hall–Kier alpha value is -2.13. The van der Waals surface area contributed by atoms with Crippen LogP contribution in [0.5, 0.6) is 0 Å². The molecule has 3 rings (SSSR count). The van der Waals surface area contributed by atoms with Crippen LogP contribution in [0.15, 0.2) is 54.6 Å². The molecule has 0 saturated carbocycles. The van der Waals surface area contributed by atoms with Gasteiger partial charge < -0.3 is 9.67 Å². The number of unbranched alkanes of at least 4 members (excludes halogenated alkanes) is 1. The molecule has 0 saturated heterocycles. The van der Waals surface area contributed by atoms with Gasteiger partial charge in [-0.3, -0.25) is 0 Å². The zero-order valence-corrected chi connectivity index (χ0v) is 12.9. The Morgan fingerprint density at radius 1 is 1.05 bits per heavy atom. The maximum absolute atomic E-state index is 10.0. The predicted molar refractivity (Wildman–Crippen MR) is 90.0 cm³/mol. The molecule has 1 N–H and O–H groups in total. The molecular formula is C19H22N2O. The largest absolute Gasteiger partial charge is 0.394 e. The van der Waals surface area contributed by atoms with Crippen molar-refractivity contribution in [3.63, 3.8) is 0 Å². The van der Waals surface area contributed by atoms with Gasteiger partial charge in [0.15, 0.2) is 0 Å². The highest BCUT2D eigenvalue weighted by Gasteiger charge is 2.19. The lowest BCUT2D eigenvalue weighted by atomic mass is 10.1. The molecule has 0 bridgehead atoms. The number of aryl methyl sites for hydroxylation is 1. The Balaban J connectivity index is 2.13. The quantitative estimate of drug-likeness (QED) is 0.747. The Morgan fingerprint density at radius 2 is 1.77 bits per heavy atom.